The first kappa shape index (κ1) is 25.3. The van der Waals surface area contributed by atoms with Crippen molar-refractivity contribution < 1.29 is 66.6 Å². The normalized spacial score (nSPS) is 16.4. The number of carbonyl (C=O) groups is 1. The largest absolute Gasteiger partial charge is 0.468 e. The van der Waals surface area contributed by atoms with E-state index in [0.29, 0.717) is 29.7 Å². The van der Waals surface area contributed by atoms with E-state index in [4.69, 9.17) is 0 Å². The maximum absolute atomic E-state index is 13.4. The van der Waals surface area contributed by atoms with Crippen LogP contribution in [0.4, 0.5) is 57.1 Å². The SMILES string of the molecule is COC(=O)C(I)CC(F)(F)C(F)(F)C(F)(F)C(F)(F)C(F)(F)C(F)(F)F. The highest BCUT2D eigenvalue weighted by Crippen LogP contribution is 2.60. The molecule has 0 aliphatic carbocycles. The van der Waals surface area contributed by atoms with Gasteiger partial charge in [0.05, 0.1) is 7.11 Å². The second-order valence-corrected chi connectivity index (χ2v) is 6.20. The molecule has 0 aliphatic heterocycles. The summed E-state index contributed by atoms with van der Waals surface area (Å²) in [5.41, 5.74) is 0. The molecule has 0 saturated heterocycles. The minimum absolute atomic E-state index is 0.552. The molecule has 0 aliphatic rings. The summed E-state index contributed by atoms with van der Waals surface area (Å²) >= 11 is 0.663. The third-order valence-electron chi connectivity index (χ3n) is 2.89. The van der Waals surface area contributed by atoms with Crippen molar-refractivity contribution in [2.75, 3.05) is 7.11 Å². The molecule has 1 unspecified atom stereocenters. The topological polar surface area (TPSA) is 26.3 Å². The number of hydrogen-bond donors (Lipinski definition) is 0. The van der Waals surface area contributed by atoms with Gasteiger partial charge in [-0.25, -0.2) is 0 Å². The molecule has 2 nitrogen and oxygen atoms in total. The fraction of sp³-hybridized carbons (Fsp3) is 0.900. The number of esters is 1. The zero-order valence-corrected chi connectivity index (χ0v) is 14.0. The van der Waals surface area contributed by atoms with Crippen LogP contribution in [0.3, 0.4) is 0 Å². The van der Waals surface area contributed by atoms with Crippen molar-refractivity contribution in [3.05, 3.63) is 0 Å². The Morgan fingerprint density at radius 3 is 1.42 bits per heavy atom. The molecular formula is C10H6F13IO2. The minimum Gasteiger partial charge on any atom is -0.468 e. The van der Waals surface area contributed by atoms with E-state index in [1.807, 2.05) is 0 Å². The van der Waals surface area contributed by atoms with E-state index in [9.17, 15) is 61.9 Å². The average Bonchev–Trinajstić information content (AvgIpc) is 2.43. The molecule has 1 atom stereocenters. The number of rotatable bonds is 7. The zero-order chi connectivity index (χ0) is 21.6. The Morgan fingerprint density at radius 1 is 0.769 bits per heavy atom. The van der Waals surface area contributed by atoms with Gasteiger partial charge >= 0.3 is 41.8 Å². The summed E-state index contributed by atoms with van der Waals surface area (Å²) in [6, 6.07) is 0. The third-order valence-corrected chi connectivity index (χ3v) is 3.84. The molecule has 26 heavy (non-hydrogen) atoms. The number of ether oxygens (including phenoxy) is 1. The predicted octanol–water partition coefficient (Wildman–Crippen LogP) is 5.09. The highest BCUT2D eigenvalue weighted by atomic mass is 127. The van der Waals surface area contributed by atoms with Crippen LogP contribution in [0.15, 0.2) is 0 Å². The zero-order valence-electron chi connectivity index (χ0n) is 11.9. The van der Waals surface area contributed by atoms with E-state index in [1.54, 1.807) is 0 Å². The monoisotopic (exact) mass is 532 g/mol. The van der Waals surface area contributed by atoms with Gasteiger partial charge in [0.15, 0.2) is 0 Å². The van der Waals surface area contributed by atoms with Crippen LogP contribution in [0, 0.1) is 0 Å². The predicted molar refractivity (Wildman–Crippen MR) is 65.2 cm³/mol. The van der Waals surface area contributed by atoms with Gasteiger partial charge in [-0.1, -0.05) is 22.6 Å². The number of halogens is 14. The lowest BCUT2D eigenvalue weighted by molar-refractivity contribution is -0.440. The molecular weight excluding hydrogens is 526 g/mol. The van der Waals surface area contributed by atoms with Crippen LogP contribution in [-0.4, -0.2) is 52.8 Å². The van der Waals surface area contributed by atoms with Crippen molar-refractivity contribution in [2.45, 2.75) is 46.1 Å². The smallest absolute Gasteiger partial charge is 0.460 e. The molecule has 16 heteroatoms. The summed E-state index contributed by atoms with van der Waals surface area (Å²) in [6.45, 7) is 0. The lowest BCUT2D eigenvalue weighted by Crippen LogP contribution is -2.70. The molecule has 0 aromatic heterocycles. The van der Waals surface area contributed by atoms with Crippen molar-refractivity contribution >= 4 is 28.6 Å². The highest BCUT2D eigenvalue weighted by Gasteiger charge is 2.90. The quantitative estimate of drug-likeness (QED) is 0.198. The summed E-state index contributed by atoms with van der Waals surface area (Å²) < 4.78 is 168. The van der Waals surface area contributed by atoms with Gasteiger partial charge in [-0.15, -0.1) is 0 Å². The molecule has 0 rings (SSSR count). The lowest BCUT2D eigenvalue weighted by atomic mass is 9.92. The van der Waals surface area contributed by atoms with E-state index < -0.39 is 52.1 Å². The fourth-order valence-electron chi connectivity index (χ4n) is 1.37. The molecule has 0 saturated carbocycles. The van der Waals surface area contributed by atoms with Gasteiger partial charge in [-0.2, -0.15) is 57.1 Å². The van der Waals surface area contributed by atoms with Gasteiger partial charge in [0.2, 0.25) is 0 Å². The Labute approximate surface area is 149 Å². The number of methoxy groups -OCH3 is 1. The molecule has 0 spiro atoms. The second-order valence-electron chi connectivity index (χ2n) is 4.69. The molecule has 0 bridgehead atoms. The summed E-state index contributed by atoms with van der Waals surface area (Å²) in [5.74, 6) is -38.9. The Balaban J connectivity index is 6.12. The van der Waals surface area contributed by atoms with Gasteiger partial charge in [0.25, 0.3) is 0 Å². The van der Waals surface area contributed by atoms with Crippen LogP contribution >= 0.6 is 22.6 Å². The standard InChI is InChI=1S/C10H6F13IO2/c1-26-4(25)3(24)2-5(11,12)6(13,14)7(15,16)8(17,18)9(19,20)10(21,22)23/h3H,2H2,1H3. The highest BCUT2D eigenvalue weighted by molar-refractivity contribution is 14.1. The first-order chi connectivity index (χ1) is 11.1. The Morgan fingerprint density at radius 2 is 1.12 bits per heavy atom. The van der Waals surface area contributed by atoms with Gasteiger partial charge in [-0.05, 0) is 0 Å². The number of alkyl halides is 14. The Kier molecular flexibility index (Phi) is 6.84. The van der Waals surface area contributed by atoms with Crippen molar-refractivity contribution in [3.63, 3.8) is 0 Å². The molecule has 0 aromatic carbocycles. The first-order valence-corrected chi connectivity index (χ1v) is 7.04. The summed E-state index contributed by atoms with van der Waals surface area (Å²) in [7, 11) is 0.552. The van der Waals surface area contributed by atoms with E-state index >= 15 is 0 Å². The van der Waals surface area contributed by atoms with Gasteiger partial charge in [-0.3, -0.25) is 4.79 Å². The second kappa shape index (κ2) is 7.03. The number of hydrogen-bond acceptors (Lipinski definition) is 2. The summed E-state index contributed by atoms with van der Waals surface area (Å²) in [4.78, 5) is 10.8. The molecule has 0 radical (unpaired) electrons. The first-order valence-electron chi connectivity index (χ1n) is 5.79. The minimum atomic E-state index is -7.95. The van der Waals surface area contributed by atoms with Crippen LogP contribution in [0.2, 0.25) is 0 Å². The molecule has 0 heterocycles. The Hall–Kier alpha value is -0.710. The Bertz CT molecular complexity index is 528. The van der Waals surface area contributed by atoms with Gasteiger partial charge < -0.3 is 4.74 Å². The molecule has 156 valence electrons. The summed E-state index contributed by atoms with van der Waals surface area (Å²) in [5, 5.41) is 0. The average molecular weight is 532 g/mol. The van der Waals surface area contributed by atoms with Crippen LogP contribution in [0.25, 0.3) is 0 Å². The lowest BCUT2D eigenvalue weighted by Gasteiger charge is -2.40. The van der Waals surface area contributed by atoms with Gasteiger partial charge in [0.1, 0.15) is 3.92 Å². The van der Waals surface area contributed by atoms with Crippen molar-refractivity contribution in [1.29, 1.82) is 0 Å². The van der Waals surface area contributed by atoms with E-state index in [2.05, 4.69) is 4.74 Å². The van der Waals surface area contributed by atoms with E-state index in [1.165, 1.54) is 0 Å². The van der Waals surface area contributed by atoms with Crippen molar-refractivity contribution in [1.82, 2.24) is 0 Å². The molecule has 0 amide bonds. The van der Waals surface area contributed by atoms with Crippen LogP contribution in [0.5, 0.6) is 0 Å². The molecule has 0 N–H and O–H groups in total. The summed E-state index contributed by atoms with van der Waals surface area (Å²) in [6.07, 6.45) is -10.1. The number of carbonyl (C=O) groups excluding carboxylic acids is 1. The maximum atomic E-state index is 13.4. The van der Waals surface area contributed by atoms with Crippen LogP contribution in [0.1, 0.15) is 6.42 Å². The molecule has 0 aromatic rings. The fourth-order valence-corrected chi connectivity index (χ4v) is 2.17. The van der Waals surface area contributed by atoms with E-state index in [0.717, 1.165) is 0 Å². The van der Waals surface area contributed by atoms with Gasteiger partial charge in [0, 0.05) is 6.42 Å². The maximum Gasteiger partial charge on any atom is 0.460 e. The molecule has 0 fully saturated rings. The van der Waals surface area contributed by atoms with E-state index in [-0.39, 0.29) is 0 Å². The van der Waals surface area contributed by atoms with Crippen molar-refractivity contribution in [2.24, 2.45) is 0 Å². The van der Waals surface area contributed by atoms with Crippen LogP contribution < -0.4 is 0 Å². The third kappa shape index (κ3) is 3.79. The van der Waals surface area contributed by atoms with Crippen molar-refractivity contribution in [3.8, 4) is 0 Å². The van der Waals surface area contributed by atoms with Crippen LogP contribution in [-0.2, 0) is 9.53 Å².